The Kier molecular flexibility index (Phi) is 1.44. The van der Waals surface area contributed by atoms with Crippen molar-refractivity contribution in [2.45, 2.75) is 0 Å². The van der Waals surface area contributed by atoms with Crippen LogP contribution in [0.25, 0.3) is 0 Å². The highest BCUT2D eigenvalue weighted by Gasteiger charge is 1.94. The molecule has 0 saturated heterocycles. The minimum atomic E-state index is -0.938. The van der Waals surface area contributed by atoms with E-state index < -0.39 is 6.08 Å². The molecule has 0 aromatic carbocycles. The third-order valence-electron chi connectivity index (χ3n) is 0.666. The molecule has 0 aliphatic carbocycles. The van der Waals surface area contributed by atoms with E-state index >= 15 is 0 Å². The molecule has 5 heteroatoms. The molecular formula is C4H2FN3O. The molecule has 0 spiro atoms. The maximum absolute atomic E-state index is 11.9. The molecule has 1 heterocycles. The van der Waals surface area contributed by atoms with Crippen LogP contribution < -0.4 is 0 Å². The molecule has 1 rings (SSSR count). The predicted octanol–water partition coefficient (Wildman–Crippen LogP) is -0.177. The summed E-state index contributed by atoms with van der Waals surface area (Å²) in [6.45, 7) is 0. The fourth-order valence-electron chi connectivity index (χ4n) is 0.345. The minimum absolute atomic E-state index is 0.192. The standard InChI is InChI=1S/C4H2FN3O/c5-4-7-2-6-3(1-9)8-4/h1-2H. The number of halogens is 1. The Bertz CT molecular complexity index is 227. The summed E-state index contributed by atoms with van der Waals surface area (Å²) in [6, 6.07) is 0. The Morgan fingerprint density at radius 2 is 2.33 bits per heavy atom. The average Bonchev–Trinajstić information content (AvgIpc) is 1.88. The Morgan fingerprint density at radius 1 is 1.56 bits per heavy atom. The number of carbonyl (C=O) groups excluding carboxylic acids is 1. The van der Waals surface area contributed by atoms with Gasteiger partial charge in [-0.3, -0.25) is 4.79 Å². The second kappa shape index (κ2) is 2.25. The monoisotopic (exact) mass is 127 g/mol. The predicted molar refractivity (Wildman–Crippen MR) is 25.2 cm³/mol. The van der Waals surface area contributed by atoms with Gasteiger partial charge in [0.15, 0.2) is 12.1 Å². The van der Waals surface area contributed by atoms with E-state index in [0.717, 1.165) is 6.33 Å². The molecule has 0 aliphatic heterocycles. The zero-order valence-electron chi connectivity index (χ0n) is 4.28. The van der Waals surface area contributed by atoms with Crippen LogP contribution in [0.15, 0.2) is 6.33 Å². The van der Waals surface area contributed by atoms with Crippen LogP contribution >= 0.6 is 0 Å². The molecule has 0 fully saturated rings. The Morgan fingerprint density at radius 3 is 2.78 bits per heavy atom. The minimum Gasteiger partial charge on any atom is -0.294 e. The quantitative estimate of drug-likeness (QED) is 0.491. The first kappa shape index (κ1) is 5.74. The molecule has 46 valence electrons. The normalized spacial score (nSPS) is 9.00. The summed E-state index contributed by atoms with van der Waals surface area (Å²) in [7, 11) is 0. The molecule has 0 radical (unpaired) electrons. The van der Waals surface area contributed by atoms with Gasteiger partial charge in [0.2, 0.25) is 0 Å². The summed E-state index contributed by atoms with van der Waals surface area (Å²) < 4.78 is 11.9. The second-order valence-electron chi connectivity index (χ2n) is 1.23. The maximum atomic E-state index is 11.9. The summed E-state index contributed by atoms with van der Waals surface area (Å²) >= 11 is 0. The van der Waals surface area contributed by atoms with Gasteiger partial charge < -0.3 is 0 Å². The van der Waals surface area contributed by atoms with Crippen LogP contribution in [0.3, 0.4) is 0 Å². The van der Waals surface area contributed by atoms with E-state index in [4.69, 9.17) is 0 Å². The van der Waals surface area contributed by atoms with Gasteiger partial charge in [-0.05, 0) is 0 Å². The fourth-order valence-corrected chi connectivity index (χ4v) is 0.345. The SMILES string of the molecule is O=Cc1ncnc(F)n1. The van der Waals surface area contributed by atoms with E-state index in [9.17, 15) is 9.18 Å². The number of rotatable bonds is 1. The second-order valence-corrected chi connectivity index (χ2v) is 1.23. The molecule has 1 aromatic rings. The molecule has 0 atom stereocenters. The first-order valence-electron chi connectivity index (χ1n) is 2.12. The van der Waals surface area contributed by atoms with E-state index in [2.05, 4.69) is 15.0 Å². The number of hydrogen-bond donors (Lipinski definition) is 0. The average molecular weight is 127 g/mol. The number of hydrogen-bond acceptors (Lipinski definition) is 4. The van der Waals surface area contributed by atoms with E-state index in [-0.39, 0.29) is 5.82 Å². The van der Waals surface area contributed by atoms with Crippen LogP contribution in [0.5, 0.6) is 0 Å². The van der Waals surface area contributed by atoms with Gasteiger partial charge in [-0.1, -0.05) is 0 Å². The lowest BCUT2D eigenvalue weighted by Gasteiger charge is -1.84. The molecule has 0 N–H and O–H groups in total. The Balaban J connectivity index is 3.07. The van der Waals surface area contributed by atoms with Crippen molar-refractivity contribution >= 4 is 6.29 Å². The zero-order valence-corrected chi connectivity index (χ0v) is 4.28. The summed E-state index contributed by atoms with van der Waals surface area (Å²) in [6.07, 6.45) is 0.351. The highest BCUT2D eigenvalue weighted by molar-refractivity contribution is 5.68. The summed E-state index contributed by atoms with van der Waals surface area (Å²) in [5, 5.41) is 0. The van der Waals surface area contributed by atoms with Gasteiger partial charge in [0.05, 0.1) is 0 Å². The first-order chi connectivity index (χ1) is 4.33. The molecule has 1 aromatic heterocycles. The van der Waals surface area contributed by atoms with Crippen molar-refractivity contribution in [2.75, 3.05) is 0 Å². The van der Waals surface area contributed by atoms with Crippen LogP contribution in [-0.2, 0) is 0 Å². The fraction of sp³-hybridized carbons (Fsp3) is 0. The smallest absolute Gasteiger partial charge is 0.294 e. The lowest BCUT2D eigenvalue weighted by atomic mass is 10.7. The van der Waals surface area contributed by atoms with Crippen LogP contribution in [-0.4, -0.2) is 21.2 Å². The Labute approximate surface area is 49.8 Å². The largest absolute Gasteiger partial charge is 0.312 e. The van der Waals surface area contributed by atoms with Crippen molar-refractivity contribution in [1.82, 2.24) is 15.0 Å². The molecule has 4 nitrogen and oxygen atoms in total. The van der Waals surface area contributed by atoms with Gasteiger partial charge in [-0.15, -0.1) is 0 Å². The first-order valence-corrected chi connectivity index (χ1v) is 2.12. The molecule has 0 aliphatic rings. The van der Waals surface area contributed by atoms with Crippen LogP contribution in [0.2, 0.25) is 0 Å². The highest BCUT2D eigenvalue weighted by Crippen LogP contribution is 1.83. The highest BCUT2D eigenvalue weighted by atomic mass is 19.1. The van der Waals surface area contributed by atoms with Crippen molar-refractivity contribution in [3.8, 4) is 0 Å². The summed E-state index contributed by atoms with van der Waals surface area (Å²) in [5.41, 5.74) is 0. The van der Waals surface area contributed by atoms with Gasteiger partial charge in [0.1, 0.15) is 6.33 Å². The van der Waals surface area contributed by atoms with Crippen LogP contribution in [0, 0.1) is 6.08 Å². The summed E-state index contributed by atoms with van der Waals surface area (Å²) in [4.78, 5) is 19.2. The van der Waals surface area contributed by atoms with E-state index in [1.54, 1.807) is 0 Å². The van der Waals surface area contributed by atoms with Gasteiger partial charge in [0, 0.05) is 0 Å². The van der Waals surface area contributed by atoms with Gasteiger partial charge in [-0.25, -0.2) is 4.98 Å². The maximum Gasteiger partial charge on any atom is 0.312 e. The van der Waals surface area contributed by atoms with Crippen molar-refractivity contribution in [3.63, 3.8) is 0 Å². The molecule has 0 amide bonds. The third kappa shape index (κ3) is 1.25. The number of nitrogens with zero attached hydrogens (tertiary/aromatic N) is 3. The van der Waals surface area contributed by atoms with Crippen molar-refractivity contribution in [1.29, 1.82) is 0 Å². The van der Waals surface area contributed by atoms with Gasteiger partial charge in [0.25, 0.3) is 0 Å². The molecule has 9 heavy (non-hydrogen) atoms. The summed E-state index contributed by atoms with van der Waals surface area (Å²) in [5.74, 6) is -0.192. The van der Waals surface area contributed by atoms with Gasteiger partial charge in [-0.2, -0.15) is 14.4 Å². The van der Waals surface area contributed by atoms with E-state index in [1.165, 1.54) is 0 Å². The lowest BCUT2D eigenvalue weighted by Crippen LogP contribution is -1.96. The number of carbonyl (C=O) groups is 1. The van der Waals surface area contributed by atoms with Crippen molar-refractivity contribution < 1.29 is 9.18 Å². The molecule has 0 saturated carbocycles. The van der Waals surface area contributed by atoms with E-state index in [1.807, 2.05) is 0 Å². The number of aromatic nitrogens is 3. The lowest BCUT2D eigenvalue weighted by molar-refractivity contribution is 0.111. The van der Waals surface area contributed by atoms with Crippen LogP contribution in [0.4, 0.5) is 4.39 Å². The van der Waals surface area contributed by atoms with Gasteiger partial charge >= 0.3 is 6.08 Å². The Hall–Kier alpha value is -1.39. The van der Waals surface area contributed by atoms with Crippen molar-refractivity contribution in [3.05, 3.63) is 18.2 Å². The molecule has 0 unspecified atom stereocenters. The van der Waals surface area contributed by atoms with Crippen LogP contribution in [0.1, 0.15) is 10.6 Å². The topological polar surface area (TPSA) is 55.7 Å². The molecule has 0 bridgehead atoms. The van der Waals surface area contributed by atoms with E-state index in [0.29, 0.717) is 6.29 Å². The third-order valence-corrected chi connectivity index (χ3v) is 0.666. The zero-order chi connectivity index (χ0) is 6.69. The van der Waals surface area contributed by atoms with Crippen molar-refractivity contribution in [2.24, 2.45) is 0 Å². The number of aldehydes is 1. The molecular weight excluding hydrogens is 125 g/mol.